The minimum Gasteiger partial charge on any atom is -0.297 e. The number of Topliss-reactive ketones (excluding diaryl/α,β-unsaturated/α-hetero) is 1. The molecule has 1 fully saturated rings. The molecular weight excluding hydrogens is 232 g/mol. The smallest absolute Gasteiger partial charge is 0.297 e. The van der Waals surface area contributed by atoms with Gasteiger partial charge in [0.2, 0.25) is 0 Å². The first kappa shape index (κ1) is 11.3. The first-order valence-corrected chi connectivity index (χ1v) is 6.00. The minimum atomic E-state index is -4.06. The zero-order chi connectivity index (χ0) is 11.8. The SMILES string of the molecule is CC(=O)[C@@H]1OS(=O)(=O)O[C@H]1c1ccccc1. The van der Waals surface area contributed by atoms with Crippen molar-refractivity contribution in [3.05, 3.63) is 35.9 Å². The van der Waals surface area contributed by atoms with Crippen molar-refractivity contribution < 1.29 is 21.6 Å². The van der Waals surface area contributed by atoms with Crippen LogP contribution in [0.25, 0.3) is 0 Å². The lowest BCUT2D eigenvalue weighted by Crippen LogP contribution is -2.23. The average molecular weight is 242 g/mol. The van der Waals surface area contributed by atoms with Gasteiger partial charge in [0.05, 0.1) is 0 Å². The van der Waals surface area contributed by atoms with Gasteiger partial charge in [-0.2, -0.15) is 8.42 Å². The Bertz CT molecular complexity index is 493. The fourth-order valence-corrected chi connectivity index (χ4v) is 2.53. The molecule has 2 atom stereocenters. The van der Waals surface area contributed by atoms with E-state index >= 15 is 0 Å². The Morgan fingerprint density at radius 3 is 2.38 bits per heavy atom. The first-order valence-electron chi connectivity index (χ1n) is 4.66. The van der Waals surface area contributed by atoms with Crippen LogP contribution in [0.15, 0.2) is 30.3 Å². The highest BCUT2D eigenvalue weighted by Gasteiger charge is 2.43. The Hall–Kier alpha value is -1.24. The number of hydrogen-bond donors (Lipinski definition) is 0. The van der Waals surface area contributed by atoms with Crippen LogP contribution in [0.3, 0.4) is 0 Å². The number of hydrogen-bond acceptors (Lipinski definition) is 5. The second kappa shape index (κ2) is 3.97. The maximum atomic E-state index is 11.2. The summed E-state index contributed by atoms with van der Waals surface area (Å²) in [6.45, 7) is 1.27. The van der Waals surface area contributed by atoms with Crippen LogP contribution < -0.4 is 0 Å². The second-order valence-corrected chi connectivity index (χ2v) is 4.66. The van der Waals surface area contributed by atoms with Gasteiger partial charge in [-0.25, -0.2) is 8.37 Å². The topological polar surface area (TPSA) is 69.7 Å². The number of carbonyl (C=O) groups is 1. The molecule has 0 N–H and O–H groups in total. The van der Waals surface area contributed by atoms with Crippen molar-refractivity contribution in [1.29, 1.82) is 0 Å². The molecule has 0 bridgehead atoms. The van der Waals surface area contributed by atoms with E-state index in [1.165, 1.54) is 6.92 Å². The molecule has 1 aromatic rings. The summed E-state index contributed by atoms with van der Waals surface area (Å²) < 4.78 is 31.6. The fraction of sp³-hybridized carbons (Fsp3) is 0.300. The van der Waals surface area contributed by atoms with Crippen LogP contribution in [0.5, 0.6) is 0 Å². The molecule has 1 aliphatic heterocycles. The molecule has 86 valence electrons. The lowest BCUT2D eigenvalue weighted by molar-refractivity contribution is -0.124. The van der Waals surface area contributed by atoms with E-state index in [0.29, 0.717) is 5.56 Å². The summed E-state index contributed by atoms with van der Waals surface area (Å²) in [6, 6.07) is 8.63. The van der Waals surface area contributed by atoms with Gasteiger partial charge in [-0.15, -0.1) is 0 Å². The monoisotopic (exact) mass is 242 g/mol. The van der Waals surface area contributed by atoms with Crippen molar-refractivity contribution in [2.45, 2.75) is 19.1 Å². The molecule has 0 radical (unpaired) electrons. The molecule has 0 spiro atoms. The third kappa shape index (κ3) is 2.13. The van der Waals surface area contributed by atoms with E-state index in [-0.39, 0.29) is 5.78 Å². The maximum absolute atomic E-state index is 11.2. The Balaban J connectivity index is 2.37. The summed E-state index contributed by atoms with van der Waals surface area (Å²) >= 11 is 0. The molecule has 2 rings (SSSR count). The Morgan fingerprint density at radius 1 is 1.19 bits per heavy atom. The van der Waals surface area contributed by atoms with Crippen molar-refractivity contribution in [3.63, 3.8) is 0 Å². The van der Waals surface area contributed by atoms with Crippen LogP contribution in [-0.4, -0.2) is 20.3 Å². The van der Waals surface area contributed by atoms with Crippen molar-refractivity contribution in [2.24, 2.45) is 0 Å². The molecule has 5 nitrogen and oxygen atoms in total. The minimum absolute atomic E-state index is 0.380. The highest BCUT2D eigenvalue weighted by molar-refractivity contribution is 7.82. The van der Waals surface area contributed by atoms with Crippen molar-refractivity contribution in [2.75, 3.05) is 0 Å². The van der Waals surface area contributed by atoms with Crippen molar-refractivity contribution in [3.8, 4) is 0 Å². The van der Waals surface area contributed by atoms with Gasteiger partial charge in [0, 0.05) is 0 Å². The van der Waals surface area contributed by atoms with Crippen LogP contribution in [0.1, 0.15) is 18.6 Å². The fourth-order valence-electron chi connectivity index (χ4n) is 1.53. The molecule has 0 aliphatic carbocycles. The van der Waals surface area contributed by atoms with E-state index in [2.05, 4.69) is 4.18 Å². The molecule has 1 heterocycles. The Labute approximate surface area is 93.3 Å². The predicted molar refractivity (Wildman–Crippen MR) is 54.7 cm³/mol. The normalized spacial score (nSPS) is 27.8. The molecule has 0 aromatic heterocycles. The first-order chi connectivity index (χ1) is 7.49. The standard InChI is InChI=1S/C10H10O5S/c1-7(11)9-10(15-16(12,13)14-9)8-5-3-2-4-6-8/h2-6,9-10H,1H3/t9-,10-/m0/s1. The summed E-state index contributed by atoms with van der Waals surface area (Å²) in [6.07, 6.45) is -1.98. The molecule has 0 unspecified atom stereocenters. The van der Waals surface area contributed by atoms with Gasteiger partial charge in [0.15, 0.2) is 11.9 Å². The molecule has 0 amide bonds. The molecule has 1 aliphatic rings. The van der Waals surface area contributed by atoms with Gasteiger partial charge in [-0.1, -0.05) is 30.3 Å². The van der Waals surface area contributed by atoms with Gasteiger partial charge in [0.25, 0.3) is 0 Å². The summed E-state index contributed by atoms with van der Waals surface area (Å²) in [5.41, 5.74) is 0.601. The third-order valence-electron chi connectivity index (χ3n) is 2.25. The van der Waals surface area contributed by atoms with E-state index in [0.717, 1.165) is 0 Å². The van der Waals surface area contributed by atoms with E-state index in [9.17, 15) is 13.2 Å². The van der Waals surface area contributed by atoms with E-state index < -0.39 is 22.6 Å². The summed E-state index contributed by atoms with van der Waals surface area (Å²) in [4.78, 5) is 11.2. The van der Waals surface area contributed by atoms with Gasteiger partial charge in [-0.3, -0.25) is 4.79 Å². The highest BCUT2D eigenvalue weighted by atomic mass is 32.3. The zero-order valence-electron chi connectivity index (χ0n) is 8.49. The van der Waals surface area contributed by atoms with Crippen LogP contribution >= 0.6 is 0 Å². The summed E-state index contributed by atoms with van der Waals surface area (Å²) in [7, 11) is -4.06. The maximum Gasteiger partial charge on any atom is 0.401 e. The van der Waals surface area contributed by atoms with Gasteiger partial charge >= 0.3 is 10.4 Å². The van der Waals surface area contributed by atoms with Crippen molar-refractivity contribution >= 4 is 16.2 Å². The zero-order valence-corrected chi connectivity index (χ0v) is 9.31. The van der Waals surface area contributed by atoms with Crippen LogP contribution in [-0.2, 0) is 23.6 Å². The quantitative estimate of drug-likeness (QED) is 0.773. The van der Waals surface area contributed by atoms with Gasteiger partial charge in [0.1, 0.15) is 6.10 Å². The summed E-state index contributed by atoms with van der Waals surface area (Å²) in [5.74, 6) is -0.380. The Kier molecular flexibility index (Phi) is 2.79. The van der Waals surface area contributed by atoms with E-state index in [4.69, 9.17) is 4.18 Å². The molecule has 6 heteroatoms. The second-order valence-electron chi connectivity index (χ2n) is 3.46. The van der Waals surface area contributed by atoms with Gasteiger partial charge in [-0.05, 0) is 12.5 Å². The van der Waals surface area contributed by atoms with Crippen LogP contribution in [0.2, 0.25) is 0 Å². The van der Waals surface area contributed by atoms with Gasteiger partial charge < -0.3 is 0 Å². The van der Waals surface area contributed by atoms with E-state index in [1.807, 2.05) is 0 Å². The number of carbonyl (C=O) groups excluding carboxylic acids is 1. The third-order valence-corrected chi connectivity index (χ3v) is 3.13. The van der Waals surface area contributed by atoms with E-state index in [1.54, 1.807) is 30.3 Å². The number of benzene rings is 1. The van der Waals surface area contributed by atoms with Crippen LogP contribution in [0.4, 0.5) is 0 Å². The highest BCUT2D eigenvalue weighted by Crippen LogP contribution is 2.33. The molecule has 1 saturated heterocycles. The Morgan fingerprint density at radius 2 is 1.81 bits per heavy atom. The average Bonchev–Trinajstić information content (AvgIpc) is 2.56. The molecule has 16 heavy (non-hydrogen) atoms. The van der Waals surface area contributed by atoms with Crippen molar-refractivity contribution in [1.82, 2.24) is 0 Å². The molecular formula is C10H10O5S. The van der Waals surface area contributed by atoms with Crippen LogP contribution in [0, 0.1) is 0 Å². The lowest BCUT2D eigenvalue weighted by Gasteiger charge is -2.11. The summed E-state index contributed by atoms with van der Waals surface area (Å²) in [5, 5.41) is 0. The number of rotatable bonds is 2. The predicted octanol–water partition coefficient (Wildman–Crippen LogP) is 0.977. The lowest BCUT2D eigenvalue weighted by atomic mass is 10.0. The molecule has 0 saturated carbocycles. The largest absolute Gasteiger partial charge is 0.401 e. The molecule has 1 aromatic carbocycles. The number of ketones is 1.